The lowest BCUT2D eigenvalue weighted by Gasteiger charge is -2.33. The SMILES string of the molecule is CC(C)O[C@H]1CC[C@H](C(=O)N2Cc3cccnc3Nc3ccc(C4=CCC(O)CC4)cc32)CC1. The molecular weight excluding hydrogens is 426 g/mol. The summed E-state index contributed by atoms with van der Waals surface area (Å²) in [5.74, 6) is 1.000. The van der Waals surface area contributed by atoms with Gasteiger partial charge in [-0.1, -0.05) is 18.2 Å². The predicted molar refractivity (Wildman–Crippen MR) is 135 cm³/mol. The Balaban J connectivity index is 1.45. The molecule has 1 unspecified atom stereocenters. The second-order valence-corrected chi connectivity index (χ2v) is 10.1. The van der Waals surface area contributed by atoms with Crippen LogP contribution in [0.3, 0.4) is 0 Å². The van der Waals surface area contributed by atoms with E-state index in [1.54, 1.807) is 6.20 Å². The zero-order chi connectivity index (χ0) is 23.7. The third-order valence-electron chi connectivity index (χ3n) is 7.27. The first-order valence-corrected chi connectivity index (χ1v) is 12.7. The molecule has 0 saturated heterocycles. The number of nitrogens with one attached hydrogen (secondary N) is 1. The van der Waals surface area contributed by atoms with Gasteiger partial charge in [0.1, 0.15) is 5.82 Å². The van der Waals surface area contributed by atoms with Gasteiger partial charge in [-0.25, -0.2) is 4.98 Å². The third kappa shape index (κ3) is 4.89. The minimum atomic E-state index is -0.250. The van der Waals surface area contributed by atoms with Crippen molar-refractivity contribution in [1.29, 1.82) is 0 Å². The largest absolute Gasteiger partial charge is 0.393 e. The number of anilines is 3. The van der Waals surface area contributed by atoms with E-state index < -0.39 is 0 Å². The van der Waals surface area contributed by atoms with Crippen molar-refractivity contribution in [3.05, 3.63) is 53.7 Å². The third-order valence-corrected chi connectivity index (χ3v) is 7.27. The highest BCUT2D eigenvalue weighted by Crippen LogP contribution is 2.40. The molecule has 0 radical (unpaired) electrons. The molecule has 34 heavy (non-hydrogen) atoms. The van der Waals surface area contributed by atoms with E-state index in [0.717, 1.165) is 66.8 Å². The van der Waals surface area contributed by atoms with Gasteiger partial charge < -0.3 is 20.1 Å². The maximum atomic E-state index is 13.9. The Labute approximate surface area is 202 Å². The number of amides is 1. The molecule has 1 amide bonds. The normalized spacial score (nSPS) is 24.5. The number of aliphatic hydroxyl groups is 1. The van der Waals surface area contributed by atoms with Gasteiger partial charge in [-0.3, -0.25) is 4.79 Å². The quantitative estimate of drug-likeness (QED) is 0.621. The molecular formula is C28H35N3O3. The number of hydrogen-bond donors (Lipinski definition) is 2. The molecule has 6 heteroatoms. The molecule has 1 aromatic carbocycles. The molecule has 6 nitrogen and oxygen atoms in total. The van der Waals surface area contributed by atoms with Crippen molar-refractivity contribution < 1.29 is 14.6 Å². The lowest BCUT2D eigenvalue weighted by atomic mass is 9.86. The highest BCUT2D eigenvalue weighted by atomic mass is 16.5. The van der Waals surface area contributed by atoms with Crippen LogP contribution >= 0.6 is 0 Å². The second-order valence-electron chi connectivity index (χ2n) is 10.1. The van der Waals surface area contributed by atoms with Crippen molar-refractivity contribution in [2.24, 2.45) is 5.92 Å². The van der Waals surface area contributed by atoms with Crippen LogP contribution in [-0.2, 0) is 16.1 Å². The van der Waals surface area contributed by atoms with Crippen LogP contribution in [0.1, 0.15) is 69.9 Å². The summed E-state index contributed by atoms with van der Waals surface area (Å²) < 4.78 is 6.01. The number of fused-ring (bicyclic) bond motifs is 2. The van der Waals surface area contributed by atoms with Crippen LogP contribution in [0.5, 0.6) is 0 Å². The van der Waals surface area contributed by atoms with Crippen LogP contribution in [0.25, 0.3) is 5.57 Å². The molecule has 1 aromatic heterocycles. The van der Waals surface area contributed by atoms with E-state index >= 15 is 0 Å². The Morgan fingerprint density at radius 1 is 1.18 bits per heavy atom. The van der Waals surface area contributed by atoms with E-state index in [2.05, 4.69) is 48.4 Å². The number of hydrogen-bond acceptors (Lipinski definition) is 5. The zero-order valence-electron chi connectivity index (χ0n) is 20.2. The monoisotopic (exact) mass is 461 g/mol. The van der Waals surface area contributed by atoms with Gasteiger partial charge in [-0.15, -0.1) is 0 Å². The smallest absolute Gasteiger partial charge is 0.230 e. The molecule has 1 fully saturated rings. The number of nitrogens with zero attached hydrogens (tertiary/aromatic N) is 2. The van der Waals surface area contributed by atoms with Gasteiger partial charge in [0.25, 0.3) is 0 Å². The Kier molecular flexibility index (Phi) is 6.70. The number of carbonyl (C=O) groups excluding carboxylic acids is 1. The van der Waals surface area contributed by atoms with Crippen LogP contribution < -0.4 is 10.2 Å². The number of carbonyl (C=O) groups is 1. The van der Waals surface area contributed by atoms with E-state index in [0.29, 0.717) is 13.0 Å². The first-order valence-electron chi connectivity index (χ1n) is 12.7. The summed E-state index contributed by atoms with van der Waals surface area (Å²) in [6, 6.07) is 10.3. The van der Waals surface area contributed by atoms with Gasteiger partial charge in [0.2, 0.25) is 5.91 Å². The van der Waals surface area contributed by atoms with Gasteiger partial charge in [-0.2, -0.15) is 0 Å². The van der Waals surface area contributed by atoms with Gasteiger partial charge in [0.05, 0.1) is 36.2 Å². The number of pyridine rings is 1. The summed E-state index contributed by atoms with van der Waals surface area (Å²) in [6.07, 6.45) is 10.0. The number of allylic oxidation sites excluding steroid dienone is 1. The Morgan fingerprint density at radius 3 is 2.74 bits per heavy atom. The van der Waals surface area contributed by atoms with Crippen molar-refractivity contribution in [2.45, 2.75) is 83.6 Å². The lowest BCUT2D eigenvalue weighted by Crippen LogP contribution is -2.38. The number of benzene rings is 1. The molecule has 3 aliphatic rings. The van der Waals surface area contributed by atoms with E-state index in [9.17, 15) is 9.90 Å². The molecule has 2 heterocycles. The molecule has 180 valence electrons. The van der Waals surface area contributed by atoms with E-state index in [4.69, 9.17) is 4.74 Å². The van der Waals surface area contributed by atoms with Crippen molar-refractivity contribution >= 4 is 28.7 Å². The summed E-state index contributed by atoms with van der Waals surface area (Å²) in [6.45, 7) is 4.65. The summed E-state index contributed by atoms with van der Waals surface area (Å²) in [5, 5.41) is 13.4. The Morgan fingerprint density at radius 2 is 2.00 bits per heavy atom. The standard InChI is InChI=1S/C28H35N3O3/c1-18(2)34-24-12-7-20(8-13-24)28(33)31-17-22-4-3-15-29-27(22)30-25-14-9-21(16-26(25)31)19-5-10-23(32)11-6-19/h3-5,9,14-16,18,20,23-24,32H,6-8,10-13,17H2,1-2H3,(H,29,30)/t20-,23?,24-. The van der Waals surface area contributed by atoms with Gasteiger partial charge in [0, 0.05) is 17.7 Å². The molecule has 0 bridgehead atoms. The topological polar surface area (TPSA) is 74.7 Å². The van der Waals surface area contributed by atoms with Crippen LogP contribution in [-0.4, -0.2) is 34.3 Å². The first kappa shape index (κ1) is 23.1. The van der Waals surface area contributed by atoms with Crippen molar-refractivity contribution in [3.8, 4) is 0 Å². The number of aromatic nitrogens is 1. The molecule has 2 aromatic rings. The molecule has 5 rings (SSSR count). The summed E-state index contributed by atoms with van der Waals surface area (Å²) in [7, 11) is 0. The average molecular weight is 462 g/mol. The number of rotatable bonds is 4. The van der Waals surface area contributed by atoms with Crippen molar-refractivity contribution in [1.82, 2.24) is 4.98 Å². The average Bonchev–Trinajstić information content (AvgIpc) is 3.00. The fraction of sp³-hybridized carbons (Fsp3) is 0.500. The molecule has 0 spiro atoms. The van der Waals surface area contributed by atoms with Crippen LogP contribution in [0, 0.1) is 5.92 Å². The molecule has 1 atom stereocenters. The van der Waals surface area contributed by atoms with Crippen LogP contribution in [0.15, 0.2) is 42.6 Å². The highest BCUT2D eigenvalue weighted by Gasteiger charge is 2.33. The first-order chi connectivity index (χ1) is 16.5. The highest BCUT2D eigenvalue weighted by molar-refractivity contribution is 6.00. The fourth-order valence-electron chi connectivity index (χ4n) is 5.45. The van der Waals surface area contributed by atoms with Crippen LogP contribution in [0.2, 0.25) is 0 Å². The second kappa shape index (κ2) is 9.88. The molecule has 1 aliphatic heterocycles. The Hall–Kier alpha value is -2.70. The number of aliphatic hydroxyl groups excluding tert-OH is 1. The minimum absolute atomic E-state index is 0.00535. The maximum absolute atomic E-state index is 13.9. The van der Waals surface area contributed by atoms with Gasteiger partial charge in [0.15, 0.2) is 0 Å². The Bertz CT molecular complexity index is 1070. The lowest BCUT2D eigenvalue weighted by molar-refractivity contribution is -0.124. The van der Waals surface area contributed by atoms with Crippen molar-refractivity contribution in [2.75, 3.05) is 10.2 Å². The minimum Gasteiger partial charge on any atom is -0.393 e. The summed E-state index contributed by atoms with van der Waals surface area (Å²) >= 11 is 0. The molecule has 2 N–H and O–H groups in total. The number of ether oxygens (including phenoxy) is 1. The van der Waals surface area contributed by atoms with Crippen LogP contribution in [0.4, 0.5) is 17.2 Å². The van der Waals surface area contributed by atoms with Crippen molar-refractivity contribution in [3.63, 3.8) is 0 Å². The summed E-state index contributed by atoms with van der Waals surface area (Å²) in [4.78, 5) is 20.4. The molecule has 2 aliphatic carbocycles. The molecule has 1 saturated carbocycles. The van der Waals surface area contributed by atoms with Gasteiger partial charge in [-0.05, 0) is 88.1 Å². The van der Waals surface area contributed by atoms with E-state index in [1.807, 2.05) is 17.0 Å². The van der Waals surface area contributed by atoms with E-state index in [-0.39, 0.29) is 30.1 Å². The summed E-state index contributed by atoms with van der Waals surface area (Å²) in [5.41, 5.74) is 5.20. The van der Waals surface area contributed by atoms with Gasteiger partial charge >= 0.3 is 0 Å². The zero-order valence-corrected chi connectivity index (χ0v) is 20.2. The fourth-order valence-corrected chi connectivity index (χ4v) is 5.45. The van der Waals surface area contributed by atoms with E-state index in [1.165, 1.54) is 5.57 Å². The predicted octanol–water partition coefficient (Wildman–Crippen LogP) is 5.58. The maximum Gasteiger partial charge on any atom is 0.230 e.